The van der Waals surface area contributed by atoms with Gasteiger partial charge in [-0.1, -0.05) is 40.0 Å². The standard InChI is InChI=1S/C17H33NO/c1-5-13-9-8-10-14(11-13)19-16-12-15(18-4)17(16,6-2)7-3/h13-16,18H,5-12H2,1-4H3. The number of hydrogen-bond acceptors (Lipinski definition) is 2. The van der Waals surface area contributed by atoms with E-state index in [2.05, 4.69) is 33.1 Å². The van der Waals surface area contributed by atoms with Crippen LogP contribution >= 0.6 is 0 Å². The first-order valence-corrected chi connectivity index (χ1v) is 8.52. The molecule has 0 radical (unpaired) electrons. The molecule has 0 heterocycles. The summed E-state index contributed by atoms with van der Waals surface area (Å²) in [5, 5.41) is 3.50. The molecule has 2 fully saturated rings. The van der Waals surface area contributed by atoms with Crippen LogP contribution in [0.1, 0.15) is 72.1 Å². The van der Waals surface area contributed by atoms with E-state index >= 15 is 0 Å². The van der Waals surface area contributed by atoms with Crippen LogP contribution in [-0.2, 0) is 4.74 Å². The molecular formula is C17H33NO. The highest BCUT2D eigenvalue weighted by Crippen LogP contribution is 2.50. The molecule has 4 atom stereocenters. The quantitative estimate of drug-likeness (QED) is 0.781. The average molecular weight is 267 g/mol. The Balaban J connectivity index is 1.92. The fourth-order valence-electron chi connectivity index (χ4n) is 4.51. The largest absolute Gasteiger partial charge is 0.374 e. The van der Waals surface area contributed by atoms with Gasteiger partial charge in [0.1, 0.15) is 0 Å². The van der Waals surface area contributed by atoms with Gasteiger partial charge in [-0.05, 0) is 45.1 Å². The van der Waals surface area contributed by atoms with E-state index in [0.717, 1.165) is 5.92 Å². The van der Waals surface area contributed by atoms with Crippen molar-refractivity contribution in [3.05, 3.63) is 0 Å². The third kappa shape index (κ3) is 2.85. The summed E-state index contributed by atoms with van der Waals surface area (Å²) in [6.45, 7) is 6.99. The van der Waals surface area contributed by atoms with Crippen molar-refractivity contribution >= 4 is 0 Å². The Labute approximate surface area is 119 Å². The second-order valence-corrected chi connectivity index (χ2v) is 6.70. The predicted molar refractivity (Wildman–Crippen MR) is 81.4 cm³/mol. The van der Waals surface area contributed by atoms with Gasteiger partial charge in [0.25, 0.3) is 0 Å². The summed E-state index contributed by atoms with van der Waals surface area (Å²) in [5.41, 5.74) is 0.397. The van der Waals surface area contributed by atoms with Gasteiger partial charge >= 0.3 is 0 Å². The molecule has 0 saturated heterocycles. The summed E-state index contributed by atoms with van der Waals surface area (Å²) in [6, 6.07) is 0.665. The molecule has 2 rings (SSSR count). The number of rotatable bonds is 6. The maximum atomic E-state index is 6.55. The van der Waals surface area contributed by atoms with E-state index in [1.54, 1.807) is 0 Å². The molecule has 2 nitrogen and oxygen atoms in total. The van der Waals surface area contributed by atoms with Crippen molar-refractivity contribution in [2.24, 2.45) is 11.3 Å². The summed E-state index contributed by atoms with van der Waals surface area (Å²) in [4.78, 5) is 0. The topological polar surface area (TPSA) is 21.3 Å². The first-order valence-electron chi connectivity index (χ1n) is 8.52. The van der Waals surface area contributed by atoms with E-state index in [1.807, 2.05) is 0 Å². The molecule has 2 saturated carbocycles. The van der Waals surface area contributed by atoms with Crippen LogP contribution in [0.5, 0.6) is 0 Å². The molecule has 19 heavy (non-hydrogen) atoms. The predicted octanol–water partition coefficient (Wildman–Crippen LogP) is 4.14. The van der Waals surface area contributed by atoms with Crippen LogP contribution in [0, 0.1) is 11.3 Å². The van der Waals surface area contributed by atoms with Crippen LogP contribution in [-0.4, -0.2) is 25.3 Å². The fraction of sp³-hybridized carbons (Fsp3) is 1.00. The van der Waals surface area contributed by atoms with Crippen molar-refractivity contribution in [2.75, 3.05) is 7.05 Å². The molecule has 0 spiro atoms. The molecule has 112 valence electrons. The molecule has 0 bridgehead atoms. The summed E-state index contributed by atoms with van der Waals surface area (Å²) in [7, 11) is 2.11. The minimum atomic E-state index is 0.397. The van der Waals surface area contributed by atoms with Crippen LogP contribution in [0.15, 0.2) is 0 Å². The number of nitrogens with one attached hydrogen (secondary N) is 1. The Hall–Kier alpha value is -0.0800. The minimum Gasteiger partial charge on any atom is -0.374 e. The van der Waals surface area contributed by atoms with Crippen molar-refractivity contribution in [3.63, 3.8) is 0 Å². The molecule has 2 aliphatic carbocycles. The maximum Gasteiger partial charge on any atom is 0.0664 e. The van der Waals surface area contributed by atoms with Crippen LogP contribution < -0.4 is 5.32 Å². The van der Waals surface area contributed by atoms with Gasteiger partial charge in [0.05, 0.1) is 12.2 Å². The molecule has 4 unspecified atom stereocenters. The van der Waals surface area contributed by atoms with Crippen molar-refractivity contribution in [1.82, 2.24) is 5.32 Å². The van der Waals surface area contributed by atoms with Gasteiger partial charge in [0.2, 0.25) is 0 Å². The Morgan fingerprint density at radius 3 is 2.42 bits per heavy atom. The van der Waals surface area contributed by atoms with Gasteiger partial charge in [0.15, 0.2) is 0 Å². The number of ether oxygens (including phenoxy) is 1. The van der Waals surface area contributed by atoms with Gasteiger partial charge in [-0.3, -0.25) is 0 Å². The molecule has 2 heteroatoms. The van der Waals surface area contributed by atoms with Crippen molar-refractivity contribution in [2.45, 2.75) is 90.4 Å². The first kappa shape index (κ1) is 15.3. The van der Waals surface area contributed by atoms with Crippen molar-refractivity contribution in [3.8, 4) is 0 Å². The summed E-state index contributed by atoms with van der Waals surface area (Å²) in [6.07, 6.45) is 11.5. The minimum absolute atomic E-state index is 0.397. The lowest BCUT2D eigenvalue weighted by Gasteiger charge is -2.56. The van der Waals surface area contributed by atoms with Gasteiger partial charge in [-0.25, -0.2) is 0 Å². The first-order chi connectivity index (χ1) is 9.20. The third-order valence-corrected chi connectivity index (χ3v) is 6.12. The van der Waals surface area contributed by atoms with E-state index in [-0.39, 0.29) is 0 Å². The zero-order valence-electron chi connectivity index (χ0n) is 13.4. The average Bonchev–Trinajstić information content (AvgIpc) is 2.45. The highest BCUT2D eigenvalue weighted by molar-refractivity contribution is 5.06. The molecule has 0 aromatic heterocycles. The lowest BCUT2D eigenvalue weighted by molar-refractivity contribution is -0.174. The van der Waals surface area contributed by atoms with Gasteiger partial charge < -0.3 is 10.1 Å². The lowest BCUT2D eigenvalue weighted by atomic mass is 9.58. The van der Waals surface area contributed by atoms with Crippen molar-refractivity contribution < 1.29 is 4.74 Å². The normalized spacial score (nSPS) is 37.9. The molecular weight excluding hydrogens is 234 g/mol. The Bertz CT molecular complexity index is 274. The van der Waals surface area contributed by atoms with Gasteiger partial charge in [-0.2, -0.15) is 0 Å². The van der Waals surface area contributed by atoms with Crippen LogP contribution in [0.25, 0.3) is 0 Å². The summed E-state index contributed by atoms with van der Waals surface area (Å²) < 4.78 is 6.55. The molecule has 2 aliphatic rings. The zero-order chi connectivity index (χ0) is 13.9. The van der Waals surface area contributed by atoms with Crippen LogP contribution in [0.3, 0.4) is 0 Å². The van der Waals surface area contributed by atoms with E-state index in [9.17, 15) is 0 Å². The van der Waals surface area contributed by atoms with Crippen LogP contribution in [0.2, 0.25) is 0 Å². The molecule has 1 N–H and O–H groups in total. The molecule has 0 aromatic rings. The smallest absolute Gasteiger partial charge is 0.0664 e. The highest BCUT2D eigenvalue weighted by Gasteiger charge is 2.53. The molecule has 0 amide bonds. The SMILES string of the molecule is CCC1CCCC(OC2CC(NC)C2(CC)CC)C1. The highest BCUT2D eigenvalue weighted by atomic mass is 16.5. The van der Waals surface area contributed by atoms with Crippen LogP contribution in [0.4, 0.5) is 0 Å². The maximum absolute atomic E-state index is 6.55. The molecule has 0 aliphatic heterocycles. The van der Waals surface area contributed by atoms with Gasteiger partial charge in [0, 0.05) is 11.5 Å². The van der Waals surface area contributed by atoms with E-state index in [1.165, 1.54) is 51.4 Å². The summed E-state index contributed by atoms with van der Waals surface area (Å²) >= 11 is 0. The lowest BCUT2D eigenvalue weighted by Crippen LogP contribution is -2.63. The van der Waals surface area contributed by atoms with E-state index < -0.39 is 0 Å². The molecule has 0 aromatic carbocycles. The Kier molecular flexibility index (Phi) is 5.30. The Morgan fingerprint density at radius 1 is 1.11 bits per heavy atom. The third-order valence-electron chi connectivity index (χ3n) is 6.12. The van der Waals surface area contributed by atoms with Gasteiger partial charge in [-0.15, -0.1) is 0 Å². The van der Waals surface area contributed by atoms with E-state index in [4.69, 9.17) is 4.74 Å². The monoisotopic (exact) mass is 267 g/mol. The zero-order valence-corrected chi connectivity index (χ0v) is 13.4. The number of hydrogen-bond donors (Lipinski definition) is 1. The fourth-order valence-corrected chi connectivity index (χ4v) is 4.51. The van der Waals surface area contributed by atoms with E-state index in [0.29, 0.717) is 23.7 Å². The van der Waals surface area contributed by atoms with Crippen molar-refractivity contribution in [1.29, 1.82) is 0 Å². The second kappa shape index (κ2) is 6.58. The Morgan fingerprint density at radius 2 is 1.84 bits per heavy atom. The second-order valence-electron chi connectivity index (χ2n) is 6.70. The summed E-state index contributed by atoms with van der Waals surface area (Å²) in [5.74, 6) is 0.913.